The van der Waals surface area contributed by atoms with Crippen molar-refractivity contribution in [3.63, 3.8) is 0 Å². The van der Waals surface area contributed by atoms with Crippen LogP contribution in [0.25, 0.3) is 0 Å². The van der Waals surface area contributed by atoms with Gasteiger partial charge in [-0.3, -0.25) is 4.79 Å². The molecule has 1 rings (SSSR count). The zero-order chi connectivity index (χ0) is 13.7. The number of amides is 2. The van der Waals surface area contributed by atoms with Crippen LogP contribution < -0.4 is 0 Å². The molecule has 0 aromatic heterocycles. The van der Waals surface area contributed by atoms with E-state index in [4.69, 9.17) is 5.11 Å². The number of hydrogen-bond acceptors (Lipinski definition) is 2. The van der Waals surface area contributed by atoms with Crippen molar-refractivity contribution in [2.75, 3.05) is 19.6 Å². The third-order valence-electron chi connectivity index (χ3n) is 3.21. The first-order valence-corrected chi connectivity index (χ1v) is 6.34. The van der Waals surface area contributed by atoms with E-state index in [-0.39, 0.29) is 24.4 Å². The van der Waals surface area contributed by atoms with Gasteiger partial charge in [0.15, 0.2) is 0 Å². The molecule has 1 atom stereocenters. The average Bonchev–Trinajstić information content (AvgIpc) is 2.72. The predicted octanol–water partition coefficient (Wildman–Crippen LogP) is 1.80. The molecule has 0 saturated carbocycles. The van der Waals surface area contributed by atoms with E-state index >= 15 is 0 Å². The number of hydrogen-bond donors (Lipinski definition) is 1. The standard InChI is InChI=1S/C13H22N2O3/c1-4-6-15(10(2)3)13(18)14-7-5-11(9-14)8-12(16)17/h4,10-11H,1,5-9H2,2-3H3,(H,16,17). The van der Waals surface area contributed by atoms with E-state index in [0.717, 1.165) is 6.42 Å². The van der Waals surface area contributed by atoms with Crippen LogP contribution in [0.1, 0.15) is 26.7 Å². The molecule has 18 heavy (non-hydrogen) atoms. The van der Waals surface area contributed by atoms with Crippen LogP contribution in [0.15, 0.2) is 12.7 Å². The number of nitrogens with zero attached hydrogens (tertiary/aromatic N) is 2. The van der Waals surface area contributed by atoms with Crippen molar-refractivity contribution in [1.82, 2.24) is 9.80 Å². The smallest absolute Gasteiger partial charge is 0.320 e. The van der Waals surface area contributed by atoms with E-state index in [0.29, 0.717) is 19.6 Å². The molecule has 2 amide bonds. The summed E-state index contributed by atoms with van der Waals surface area (Å²) in [6.07, 6.45) is 2.63. The van der Waals surface area contributed by atoms with Gasteiger partial charge in [0.25, 0.3) is 0 Å². The van der Waals surface area contributed by atoms with Crippen molar-refractivity contribution in [1.29, 1.82) is 0 Å². The normalized spacial score (nSPS) is 19.1. The van der Waals surface area contributed by atoms with Gasteiger partial charge in [0.1, 0.15) is 0 Å². The van der Waals surface area contributed by atoms with Gasteiger partial charge in [-0.2, -0.15) is 0 Å². The number of carboxylic acid groups (broad SMARTS) is 1. The lowest BCUT2D eigenvalue weighted by molar-refractivity contribution is -0.138. The molecule has 0 aromatic rings. The van der Waals surface area contributed by atoms with Gasteiger partial charge in [-0.15, -0.1) is 6.58 Å². The van der Waals surface area contributed by atoms with Crippen LogP contribution in [0.3, 0.4) is 0 Å². The van der Waals surface area contributed by atoms with Crippen LogP contribution in [0.5, 0.6) is 0 Å². The molecule has 1 aliphatic rings. The minimum absolute atomic E-state index is 0.0159. The fourth-order valence-electron chi connectivity index (χ4n) is 2.25. The molecule has 102 valence electrons. The molecule has 0 bridgehead atoms. The molecule has 0 aromatic carbocycles. The summed E-state index contributed by atoms with van der Waals surface area (Å²) in [6, 6.07) is 0.104. The molecule has 1 N–H and O–H groups in total. The summed E-state index contributed by atoms with van der Waals surface area (Å²) < 4.78 is 0. The Morgan fingerprint density at radius 1 is 1.56 bits per heavy atom. The van der Waals surface area contributed by atoms with Gasteiger partial charge in [-0.25, -0.2) is 4.79 Å². The maximum Gasteiger partial charge on any atom is 0.320 e. The number of likely N-dealkylation sites (tertiary alicyclic amines) is 1. The van der Waals surface area contributed by atoms with Crippen molar-refractivity contribution >= 4 is 12.0 Å². The summed E-state index contributed by atoms with van der Waals surface area (Å²) in [5.74, 6) is -0.703. The second-order valence-corrected chi connectivity index (χ2v) is 5.02. The fraction of sp³-hybridized carbons (Fsp3) is 0.692. The molecule has 5 nitrogen and oxygen atoms in total. The second-order valence-electron chi connectivity index (χ2n) is 5.02. The number of carbonyl (C=O) groups is 2. The summed E-state index contributed by atoms with van der Waals surface area (Å²) in [7, 11) is 0. The SMILES string of the molecule is C=CCN(C(=O)N1CCC(CC(=O)O)C1)C(C)C. The highest BCUT2D eigenvalue weighted by Crippen LogP contribution is 2.21. The third kappa shape index (κ3) is 3.75. The topological polar surface area (TPSA) is 60.9 Å². The van der Waals surface area contributed by atoms with Gasteiger partial charge in [-0.1, -0.05) is 6.08 Å². The van der Waals surface area contributed by atoms with Crippen molar-refractivity contribution in [3.8, 4) is 0 Å². The van der Waals surface area contributed by atoms with Crippen LogP contribution in [0, 0.1) is 5.92 Å². The molecule has 1 heterocycles. The molecule has 0 spiro atoms. The molecule has 5 heteroatoms. The maximum atomic E-state index is 12.3. The Labute approximate surface area is 108 Å². The van der Waals surface area contributed by atoms with Gasteiger partial charge in [-0.05, 0) is 26.2 Å². The molecule has 0 aliphatic carbocycles. The predicted molar refractivity (Wildman–Crippen MR) is 69.4 cm³/mol. The lowest BCUT2D eigenvalue weighted by Crippen LogP contribution is -2.45. The quantitative estimate of drug-likeness (QED) is 0.761. The van der Waals surface area contributed by atoms with Gasteiger partial charge in [0, 0.05) is 32.1 Å². The Morgan fingerprint density at radius 2 is 2.22 bits per heavy atom. The first-order chi connectivity index (χ1) is 8.45. The first-order valence-electron chi connectivity index (χ1n) is 6.34. The zero-order valence-corrected chi connectivity index (χ0v) is 11.1. The van der Waals surface area contributed by atoms with Gasteiger partial charge >= 0.3 is 12.0 Å². The summed E-state index contributed by atoms with van der Waals surface area (Å²) in [5, 5.41) is 8.75. The Kier molecular flexibility index (Phi) is 5.19. The van der Waals surface area contributed by atoms with E-state index in [1.807, 2.05) is 13.8 Å². The second kappa shape index (κ2) is 6.42. The van der Waals surface area contributed by atoms with Crippen molar-refractivity contribution in [2.45, 2.75) is 32.7 Å². The molecular formula is C13H22N2O3. The van der Waals surface area contributed by atoms with Crippen LogP contribution in [0.4, 0.5) is 4.79 Å². The van der Waals surface area contributed by atoms with E-state index in [1.165, 1.54) is 0 Å². The Hall–Kier alpha value is -1.52. The number of carboxylic acids is 1. The Morgan fingerprint density at radius 3 is 2.72 bits per heavy atom. The van der Waals surface area contributed by atoms with Gasteiger partial charge in [0.05, 0.1) is 0 Å². The maximum absolute atomic E-state index is 12.3. The monoisotopic (exact) mass is 254 g/mol. The summed E-state index contributed by atoms with van der Waals surface area (Å²) in [5.41, 5.74) is 0. The molecule has 1 aliphatic heterocycles. The third-order valence-corrected chi connectivity index (χ3v) is 3.21. The van der Waals surface area contributed by atoms with E-state index in [9.17, 15) is 9.59 Å². The molecule has 1 fully saturated rings. The average molecular weight is 254 g/mol. The minimum Gasteiger partial charge on any atom is -0.481 e. The highest BCUT2D eigenvalue weighted by atomic mass is 16.4. The van der Waals surface area contributed by atoms with Gasteiger partial charge in [0.2, 0.25) is 0 Å². The molecule has 1 saturated heterocycles. The van der Waals surface area contributed by atoms with Crippen molar-refractivity contribution in [3.05, 3.63) is 12.7 Å². The Balaban J connectivity index is 2.57. The Bertz CT molecular complexity index is 328. The van der Waals surface area contributed by atoms with E-state index in [1.54, 1.807) is 15.9 Å². The number of urea groups is 1. The first kappa shape index (κ1) is 14.5. The van der Waals surface area contributed by atoms with Crippen LogP contribution in [-0.2, 0) is 4.79 Å². The molecule has 0 radical (unpaired) electrons. The summed E-state index contributed by atoms with van der Waals surface area (Å²) >= 11 is 0. The van der Waals surface area contributed by atoms with Gasteiger partial charge < -0.3 is 14.9 Å². The molecular weight excluding hydrogens is 232 g/mol. The van der Waals surface area contributed by atoms with Crippen molar-refractivity contribution < 1.29 is 14.7 Å². The van der Waals surface area contributed by atoms with Crippen LogP contribution >= 0.6 is 0 Å². The fourth-order valence-corrected chi connectivity index (χ4v) is 2.25. The highest BCUT2D eigenvalue weighted by molar-refractivity contribution is 5.75. The summed E-state index contributed by atoms with van der Waals surface area (Å²) in [4.78, 5) is 26.4. The number of carbonyl (C=O) groups excluding carboxylic acids is 1. The summed E-state index contributed by atoms with van der Waals surface area (Å²) in [6.45, 7) is 9.31. The van der Waals surface area contributed by atoms with Crippen molar-refractivity contribution in [2.24, 2.45) is 5.92 Å². The lowest BCUT2D eigenvalue weighted by Gasteiger charge is -2.30. The largest absolute Gasteiger partial charge is 0.481 e. The molecule has 1 unspecified atom stereocenters. The van der Waals surface area contributed by atoms with E-state index < -0.39 is 5.97 Å². The number of rotatable bonds is 5. The highest BCUT2D eigenvalue weighted by Gasteiger charge is 2.30. The number of aliphatic carboxylic acids is 1. The van der Waals surface area contributed by atoms with Crippen LogP contribution in [-0.4, -0.2) is 52.6 Å². The van der Waals surface area contributed by atoms with E-state index in [2.05, 4.69) is 6.58 Å². The zero-order valence-electron chi connectivity index (χ0n) is 11.1. The minimum atomic E-state index is -0.791. The lowest BCUT2D eigenvalue weighted by atomic mass is 10.1. The van der Waals surface area contributed by atoms with Crippen LogP contribution in [0.2, 0.25) is 0 Å².